The molecule has 6 nitrogen and oxygen atoms in total. The summed E-state index contributed by atoms with van der Waals surface area (Å²) in [7, 11) is -2.90. The van der Waals surface area contributed by atoms with E-state index in [-0.39, 0.29) is 17.4 Å². The van der Waals surface area contributed by atoms with Gasteiger partial charge in [-0.2, -0.15) is 0 Å². The number of sulfone groups is 1. The predicted molar refractivity (Wildman–Crippen MR) is 62.3 cm³/mol. The van der Waals surface area contributed by atoms with Crippen molar-refractivity contribution < 1.29 is 12.8 Å². The molecule has 2 heterocycles. The van der Waals surface area contributed by atoms with Gasteiger partial charge in [0.2, 0.25) is 11.8 Å². The van der Waals surface area contributed by atoms with Crippen molar-refractivity contribution in [3.63, 3.8) is 0 Å². The molecule has 0 aliphatic carbocycles. The molecule has 0 amide bonds. The zero-order valence-electron chi connectivity index (χ0n) is 10.0. The Hall–Kier alpha value is -0.950. The molecule has 2 rings (SSSR count). The molecule has 1 fully saturated rings. The smallest absolute Gasteiger partial charge is 0.230 e. The van der Waals surface area contributed by atoms with E-state index in [1.165, 1.54) is 0 Å². The maximum Gasteiger partial charge on any atom is 0.230 e. The van der Waals surface area contributed by atoms with Gasteiger partial charge in [0.25, 0.3) is 0 Å². The van der Waals surface area contributed by atoms with Crippen LogP contribution in [-0.2, 0) is 16.4 Å². The number of nitrogens with zero attached hydrogens (tertiary/aromatic N) is 2. The van der Waals surface area contributed by atoms with Crippen molar-refractivity contribution in [2.75, 3.05) is 11.5 Å². The first-order valence-electron chi connectivity index (χ1n) is 5.72. The number of hydrogen-bond acceptors (Lipinski definition) is 6. The third kappa shape index (κ3) is 3.26. The second kappa shape index (κ2) is 4.73. The third-order valence-corrected chi connectivity index (χ3v) is 4.49. The Bertz CT molecular complexity index is 481. The predicted octanol–water partition coefficient (Wildman–Crippen LogP) is 0.470. The van der Waals surface area contributed by atoms with E-state index in [4.69, 9.17) is 4.42 Å². The molecule has 1 aliphatic rings. The maximum absolute atomic E-state index is 11.3. The highest BCUT2D eigenvalue weighted by Gasteiger charge is 2.32. The van der Waals surface area contributed by atoms with Crippen molar-refractivity contribution in [1.29, 1.82) is 0 Å². The Labute approximate surface area is 101 Å². The van der Waals surface area contributed by atoms with E-state index in [0.29, 0.717) is 30.8 Å². The van der Waals surface area contributed by atoms with Gasteiger partial charge in [0, 0.05) is 6.04 Å². The molecule has 1 aromatic rings. The minimum atomic E-state index is -2.90. The molecule has 1 N–H and O–H groups in total. The highest BCUT2D eigenvalue weighted by molar-refractivity contribution is 7.91. The fourth-order valence-corrected chi connectivity index (χ4v) is 3.52. The summed E-state index contributed by atoms with van der Waals surface area (Å²) in [5.41, 5.74) is 0. The first-order chi connectivity index (χ1) is 7.96. The minimum Gasteiger partial charge on any atom is -0.424 e. The zero-order chi connectivity index (χ0) is 12.5. The highest BCUT2D eigenvalue weighted by atomic mass is 32.2. The molecule has 1 aromatic heterocycles. The number of rotatable bonds is 4. The lowest BCUT2D eigenvalue weighted by Gasteiger charge is -2.04. The number of aromatic nitrogens is 2. The molecule has 1 saturated heterocycles. The summed E-state index contributed by atoms with van der Waals surface area (Å²) < 4.78 is 28.1. The molecule has 0 saturated carbocycles. The van der Waals surface area contributed by atoms with Crippen LogP contribution in [0.2, 0.25) is 0 Å². The van der Waals surface area contributed by atoms with Gasteiger partial charge in [-0.3, -0.25) is 0 Å². The fourth-order valence-electron chi connectivity index (χ4n) is 1.78. The molecule has 0 aromatic carbocycles. The van der Waals surface area contributed by atoms with Crippen molar-refractivity contribution >= 4 is 9.84 Å². The summed E-state index contributed by atoms with van der Waals surface area (Å²) >= 11 is 0. The van der Waals surface area contributed by atoms with E-state index in [9.17, 15) is 8.42 Å². The van der Waals surface area contributed by atoms with E-state index >= 15 is 0 Å². The Kier molecular flexibility index (Phi) is 3.48. The first-order valence-corrected chi connectivity index (χ1v) is 7.54. The van der Waals surface area contributed by atoms with Crippen LogP contribution in [0.3, 0.4) is 0 Å². The largest absolute Gasteiger partial charge is 0.424 e. The van der Waals surface area contributed by atoms with Crippen LogP contribution in [-0.4, -0.2) is 36.2 Å². The third-order valence-electron chi connectivity index (χ3n) is 2.73. The lowest BCUT2D eigenvalue weighted by atomic mass is 10.1. The summed E-state index contributed by atoms with van der Waals surface area (Å²) in [6, 6.07) is 0.345. The average Bonchev–Trinajstić information content (AvgIpc) is 2.81. The van der Waals surface area contributed by atoms with Gasteiger partial charge >= 0.3 is 0 Å². The van der Waals surface area contributed by atoms with E-state index in [0.717, 1.165) is 0 Å². The van der Waals surface area contributed by atoms with Gasteiger partial charge in [0.1, 0.15) is 0 Å². The van der Waals surface area contributed by atoms with E-state index in [1.807, 2.05) is 13.8 Å². The minimum absolute atomic E-state index is 0.125. The molecular weight excluding hydrogens is 242 g/mol. The summed E-state index contributed by atoms with van der Waals surface area (Å²) in [5, 5.41) is 11.0. The molecule has 1 atom stereocenters. The average molecular weight is 259 g/mol. The van der Waals surface area contributed by atoms with Crippen LogP contribution in [0.4, 0.5) is 0 Å². The topological polar surface area (TPSA) is 85.1 Å². The van der Waals surface area contributed by atoms with Crippen LogP contribution in [0.5, 0.6) is 0 Å². The van der Waals surface area contributed by atoms with Gasteiger partial charge in [0.15, 0.2) is 9.84 Å². The summed E-state index contributed by atoms with van der Waals surface area (Å²) in [5.74, 6) is 1.19. The van der Waals surface area contributed by atoms with Gasteiger partial charge in [-0.05, 0) is 6.42 Å². The molecule has 1 aliphatic heterocycles. The summed E-state index contributed by atoms with van der Waals surface area (Å²) in [6.07, 6.45) is 0.585. The van der Waals surface area contributed by atoms with Crippen molar-refractivity contribution in [1.82, 2.24) is 15.5 Å². The summed E-state index contributed by atoms with van der Waals surface area (Å²) in [6.45, 7) is 4.58. The van der Waals surface area contributed by atoms with Crippen LogP contribution in [0.25, 0.3) is 0 Å². The van der Waals surface area contributed by atoms with Crippen molar-refractivity contribution in [2.24, 2.45) is 0 Å². The van der Waals surface area contributed by atoms with Gasteiger partial charge in [-0.1, -0.05) is 13.8 Å². The monoisotopic (exact) mass is 259 g/mol. The lowest BCUT2D eigenvalue weighted by molar-refractivity contribution is 0.404. The van der Waals surface area contributed by atoms with Crippen molar-refractivity contribution in [3.8, 4) is 0 Å². The molecular formula is C10H17N3O3S. The fraction of sp³-hybridized carbons (Fsp3) is 0.800. The molecule has 96 valence electrons. The molecule has 17 heavy (non-hydrogen) atoms. The molecule has 0 radical (unpaired) electrons. The number of hydrogen-bond donors (Lipinski definition) is 1. The van der Waals surface area contributed by atoms with Gasteiger partial charge in [-0.15, -0.1) is 10.2 Å². The molecule has 0 spiro atoms. The Morgan fingerprint density at radius 2 is 2.24 bits per heavy atom. The van der Waals surface area contributed by atoms with Crippen LogP contribution in [0.15, 0.2) is 4.42 Å². The second-order valence-corrected chi connectivity index (χ2v) is 6.90. The van der Waals surface area contributed by atoms with Gasteiger partial charge in [-0.25, -0.2) is 8.42 Å². The Morgan fingerprint density at radius 1 is 1.47 bits per heavy atom. The normalized spacial score (nSPS) is 23.4. The molecule has 0 bridgehead atoms. The standard InChI is InChI=1S/C10H17N3O3S/c1-7(2)11-5-9-12-13-10(16-9)8-3-4-17(14,15)6-8/h7-8,11H,3-6H2,1-2H3. The lowest BCUT2D eigenvalue weighted by Crippen LogP contribution is -2.21. The Balaban J connectivity index is 1.99. The van der Waals surface area contributed by atoms with E-state index in [2.05, 4.69) is 15.5 Å². The van der Waals surface area contributed by atoms with Gasteiger partial charge in [0.05, 0.1) is 24.0 Å². The Morgan fingerprint density at radius 3 is 2.82 bits per heavy atom. The van der Waals surface area contributed by atoms with E-state index in [1.54, 1.807) is 0 Å². The molecule has 7 heteroatoms. The molecule has 1 unspecified atom stereocenters. The first kappa shape index (κ1) is 12.5. The van der Waals surface area contributed by atoms with Crippen molar-refractivity contribution in [3.05, 3.63) is 11.8 Å². The van der Waals surface area contributed by atoms with Crippen LogP contribution < -0.4 is 5.32 Å². The van der Waals surface area contributed by atoms with E-state index < -0.39 is 9.84 Å². The SMILES string of the molecule is CC(C)NCc1nnc(C2CCS(=O)(=O)C2)o1. The quantitative estimate of drug-likeness (QED) is 0.846. The second-order valence-electron chi connectivity index (χ2n) is 4.67. The van der Waals surface area contributed by atoms with Crippen molar-refractivity contribution in [2.45, 2.75) is 38.8 Å². The maximum atomic E-state index is 11.3. The zero-order valence-corrected chi connectivity index (χ0v) is 10.8. The van der Waals surface area contributed by atoms with Crippen LogP contribution in [0, 0.1) is 0 Å². The van der Waals surface area contributed by atoms with Crippen LogP contribution >= 0.6 is 0 Å². The highest BCUT2D eigenvalue weighted by Crippen LogP contribution is 2.27. The van der Waals surface area contributed by atoms with Crippen LogP contribution in [0.1, 0.15) is 38.0 Å². The van der Waals surface area contributed by atoms with Gasteiger partial charge < -0.3 is 9.73 Å². The summed E-state index contributed by atoms with van der Waals surface area (Å²) in [4.78, 5) is 0. The number of nitrogens with one attached hydrogen (secondary N) is 1.